The van der Waals surface area contributed by atoms with E-state index < -0.39 is 17.5 Å². The van der Waals surface area contributed by atoms with Gasteiger partial charge in [0.15, 0.2) is 17.5 Å². The fraction of sp³-hybridized carbons (Fsp3) is 0.310. The number of rotatable bonds is 10. The molecule has 1 amide bonds. The summed E-state index contributed by atoms with van der Waals surface area (Å²) in [5.41, 5.74) is 12.6. The van der Waals surface area contributed by atoms with Gasteiger partial charge in [0, 0.05) is 24.2 Å². The van der Waals surface area contributed by atoms with Crippen LogP contribution in [-0.2, 0) is 11.2 Å². The Kier molecular flexibility index (Phi) is 8.58. The second kappa shape index (κ2) is 12.0. The third-order valence-corrected chi connectivity index (χ3v) is 6.06. The Morgan fingerprint density at radius 1 is 0.947 bits per heavy atom. The molecule has 3 aromatic rings. The number of anilines is 2. The number of amides is 1. The predicted molar refractivity (Wildman–Crippen MR) is 148 cm³/mol. The number of benzene rings is 3. The zero-order valence-electron chi connectivity index (χ0n) is 22.1. The van der Waals surface area contributed by atoms with Crippen LogP contribution in [0.1, 0.15) is 38.8 Å². The van der Waals surface area contributed by atoms with Crippen LogP contribution < -0.4 is 26.7 Å². The summed E-state index contributed by atoms with van der Waals surface area (Å²) in [5.74, 6) is -0.972. The molecule has 3 aromatic carbocycles. The Balaban J connectivity index is 1.74. The SMILES string of the molecule is CC(C)CN(CC(C)C)c1ccc(-c2ccccc2C2=NNNN2)cc1NC(=O)Cc1cccc(F)c1F. The van der Waals surface area contributed by atoms with Crippen molar-refractivity contribution in [2.75, 3.05) is 23.3 Å². The Morgan fingerprint density at radius 2 is 1.66 bits per heavy atom. The lowest BCUT2D eigenvalue weighted by Gasteiger charge is -2.31. The van der Waals surface area contributed by atoms with Crippen LogP contribution in [0.15, 0.2) is 65.8 Å². The molecule has 0 unspecified atom stereocenters. The van der Waals surface area contributed by atoms with Gasteiger partial charge in [-0.2, -0.15) is 0 Å². The van der Waals surface area contributed by atoms with E-state index in [1.807, 2.05) is 42.5 Å². The lowest BCUT2D eigenvalue weighted by molar-refractivity contribution is -0.115. The molecule has 7 nitrogen and oxygen atoms in total. The Bertz CT molecular complexity index is 1310. The number of carbonyl (C=O) groups excluding carboxylic acids is 1. The topological polar surface area (TPSA) is 80.8 Å². The quantitative estimate of drug-likeness (QED) is 0.295. The van der Waals surface area contributed by atoms with Crippen LogP contribution in [-0.4, -0.2) is 24.8 Å². The maximum Gasteiger partial charge on any atom is 0.228 e. The van der Waals surface area contributed by atoms with Crippen molar-refractivity contribution in [1.29, 1.82) is 0 Å². The molecule has 0 fully saturated rings. The first-order chi connectivity index (χ1) is 18.2. The molecule has 0 aromatic heterocycles. The van der Waals surface area contributed by atoms with Gasteiger partial charge >= 0.3 is 0 Å². The number of hydrogen-bond acceptors (Lipinski definition) is 6. The van der Waals surface area contributed by atoms with Crippen LogP contribution in [0.5, 0.6) is 0 Å². The molecule has 4 N–H and O–H groups in total. The molecule has 1 aliphatic heterocycles. The van der Waals surface area contributed by atoms with E-state index >= 15 is 0 Å². The lowest BCUT2D eigenvalue weighted by atomic mass is 9.97. The predicted octanol–water partition coefficient (Wildman–Crippen LogP) is 5.21. The minimum absolute atomic E-state index is 0.0112. The zero-order chi connectivity index (χ0) is 27.2. The fourth-order valence-electron chi connectivity index (χ4n) is 4.55. The Morgan fingerprint density at radius 3 is 2.32 bits per heavy atom. The van der Waals surface area contributed by atoms with Crippen molar-refractivity contribution in [2.24, 2.45) is 16.9 Å². The van der Waals surface area contributed by atoms with Gasteiger partial charge in [0.2, 0.25) is 5.91 Å². The minimum atomic E-state index is -1.00. The summed E-state index contributed by atoms with van der Waals surface area (Å²) < 4.78 is 28.0. The number of hydrazone groups is 1. The second-order valence-electron chi connectivity index (χ2n) is 10.2. The van der Waals surface area contributed by atoms with E-state index in [-0.39, 0.29) is 12.0 Å². The third kappa shape index (κ3) is 6.47. The highest BCUT2D eigenvalue weighted by Gasteiger charge is 2.20. The monoisotopic (exact) mass is 520 g/mol. The summed E-state index contributed by atoms with van der Waals surface area (Å²) in [5, 5.41) is 7.23. The van der Waals surface area contributed by atoms with Gasteiger partial charge in [0.1, 0.15) is 0 Å². The normalized spacial score (nSPS) is 12.8. The Hall–Kier alpha value is -3.98. The molecule has 0 saturated heterocycles. The standard InChI is InChI=1S/C29H34F2N6O/c1-18(2)16-37(17-19(3)4)26-13-12-20(22-9-5-6-10-23(22)29-33-35-36-34-29)14-25(26)32-27(38)15-21-8-7-11-24(30)28(21)31/h5-14,18-19,35-36H,15-17H2,1-4H3,(H,32,38)(H,33,34). The number of hydrazine groups is 2. The molecule has 200 valence electrons. The van der Waals surface area contributed by atoms with Crippen LogP contribution in [0.4, 0.5) is 20.2 Å². The molecule has 0 aliphatic carbocycles. The first kappa shape index (κ1) is 27.1. The van der Waals surface area contributed by atoms with Gasteiger partial charge in [0.25, 0.3) is 0 Å². The molecular formula is C29H34F2N6O. The van der Waals surface area contributed by atoms with Gasteiger partial charge in [0.05, 0.1) is 17.8 Å². The molecule has 4 rings (SSSR count). The number of nitrogens with one attached hydrogen (secondary N) is 4. The highest BCUT2D eigenvalue weighted by molar-refractivity contribution is 6.05. The van der Waals surface area contributed by atoms with Crippen LogP contribution in [0.2, 0.25) is 0 Å². The maximum atomic E-state index is 14.3. The summed E-state index contributed by atoms with van der Waals surface area (Å²) in [7, 11) is 0. The molecule has 1 aliphatic rings. The summed E-state index contributed by atoms with van der Waals surface area (Å²) in [6.45, 7) is 10.2. The van der Waals surface area contributed by atoms with Crippen molar-refractivity contribution in [3.05, 3.63) is 83.4 Å². The van der Waals surface area contributed by atoms with E-state index in [0.29, 0.717) is 23.4 Å². The average Bonchev–Trinajstić information content (AvgIpc) is 3.41. The lowest BCUT2D eigenvalue weighted by Crippen LogP contribution is -2.35. The first-order valence-electron chi connectivity index (χ1n) is 12.8. The molecule has 0 saturated carbocycles. The number of nitrogens with zero attached hydrogens (tertiary/aromatic N) is 2. The highest BCUT2D eigenvalue weighted by Crippen LogP contribution is 2.34. The Labute approximate surface area is 222 Å². The smallest absolute Gasteiger partial charge is 0.228 e. The summed E-state index contributed by atoms with van der Waals surface area (Å²) >= 11 is 0. The highest BCUT2D eigenvalue weighted by atomic mass is 19.2. The van der Waals surface area contributed by atoms with E-state index in [1.54, 1.807) is 0 Å². The number of carbonyl (C=O) groups is 1. The van der Waals surface area contributed by atoms with Crippen molar-refractivity contribution in [3.63, 3.8) is 0 Å². The molecule has 9 heteroatoms. The van der Waals surface area contributed by atoms with Gasteiger partial charge in [-0.1, -0.05) is 70.2 Å². The summed E-state index contributed by atoms with van der Waals surface area (Å²) in [4.78, 5) is 15.4. The molecule has 0 radical (unpaired) electrons. The number of hydrogen-bond donors (Lipinski definition) is 4. The molecule has 0 spiro atoms. The number of halogens is 2. The molecule has 0 bridgehead atoms. The first-order valence-corrected chi connectivity index (χ1v) is 12.8. The van der Waals surface area contributed by atoms with Crippen LogP contribution in [0.25, 0.3) is 11.1 Å². The van der Waals surface area contributed by atoms with Gasteiger partial charge in [-0.05, 0) is 41.2 Å². The summed E-state index contributed by atoms with van der Waals surface area (Å²) in [6.07, 6.45) is -0.281. The minimum Gasteiger partial charge on any atom is -0.369 e. The van der Waals surface area contributed by atoms with Crippen molar-refractivity contribution in [3.8, 4) is 11.1 Å². The van der Waals surface area contributed by atoms with E-state index in [0.717, 1.165) is 41.5 Å². The van der Waals surface area contributed by atoms with Gasteiger partial charge in [-0.3, -0.25) is 10.2 Å². The third-order valence-electron chi connectivity index (χ3n) is 6.06. The molecule has 1 heterocycles. The van der Waals surface area contributed by atoms with Crippen molar-refractivity contribution < 1.29 is 13.6 Å². The van der Waals surface area contributed by atoms with Crippen LogP contribution in [0.3, 0.4) is 0 Å². The summed E-state index contributed by atoms with van der Waals surface area (Å²) in [6, 6.07) is 17.6. The average molecular weight is 521 g/mol. The zero-order valence-corrected chi connectivity index (χ0v) is 22.1. The largest absolute Gasteiger partial charge is 0.369 e. The molecule has 0 atom stereocenters. The molecule has 38 heavy (non-hydrogen) atoms. The van der Waals surface area contributed by atoms with Crippen LogP contribution >= 0.6 is 0 Å². The van der Waals surface area contributed by atoms with Crippen LogP contribution in [0, 0.1) is 23.5 Å². The van der Waals surface area contributed by atoms with E-state index in [2.05, 4.69) is 59.5 Å². The van der Waals surface area contributed by atoms with Crippen molar-refractivity contribution >= 4 is 23.1 Å². The van der Waals surface area contributed by atoms with Gasteiger partial charge in [-0.15, -0.1) is 10.6 Å². The van der Waals surface area contributed by atoms with E-state index in [4.69, 9.17) is 0 Å². The number of amidine groups is 1. The van der Waals surface area contributed by atoms with Crippen molar-refractivity contribution in [2.45, 2.75) is 34.1 Å². The maximum absolute atomic E-state index is 14.3. The van der Waals surface area contributed by atoms with Gasteiger partial charge < -0.3 is 10.2 Å². The second-order valence-corrected chi connectivity index (χ2v) is 10.2. The fourth-order valence-corrected chi connectivity index (χ4v) is 4.55. The van der Waals surface area contributed by atoms with E-state index in [1.165, 1.54) is 12.1 Å². The van der Waals surface area contributed by atoms with E-state index in [9.17, 15) is 13.6 Å². The van der Waals surface area contributed by atoms with Crippen molar-refractivity contribution in [1.82, 2.24) is 16.5 Å². The molecular weight excluding hydrogens is 486 g/mol. The van der Waals surface area contributed by atoms with Gasteiger partial charge in [-0.25, -0.2) is 14.3 Å².